The fourth-order valence-electron chi connectivity index (χ4n) is 4.64. The summed E-state index contributed by atoms with van der Waals surface area (Å²) in [7, 11) is 0. The summed E-state index contributed by atoms with van der Waals surface area (Å²) in [5.41, 5.74) is 4.36. The Labute approximate surface area is 198 Å². The van der Waals surface area contributed by atoms with Crippen molar-refractivity contribution in [3.05, 3.63) is 87.5 Å². The molecule has 0 unspecified atom stereocenters. The topological polar surface area (TPSA) is 68.3 Å². The number of para-hydroxylation sites is 1. The van der Waals surface area contributed by atoms with Crippen molar-refractivity contribution in [1.29, 1.82) is 0 Å². The van der Waals surface area contributed by atoms with Gasteiger partial charge in [0.15, 0.2) is 0 Å². The predicted molar refractivity (Wildman–Crippen MR) is 133 cm³/mol. The number of hydrogen-bond acceptors (Lipinski definition) is 4. The molecule has 4 aromatic rings. The molecule has 6 heteroatoms. The van der Waals surface area contributed by atoms with Crippen LogP contribution in [-0.2, 0) is 19.5 Å². The van der Waals surface area contributed by atoms with Crippen molar-refractivity contribution in [3.63, 3.8) is 0 Å². The van der Waals surface area contributed by atoms with Crippen LogP contribution in [0.3, 0.4) is 0 Å². The summed E-state index contributed by atoms with van der Waals surface area (Å²) < 4.78 is 7.67. The third-order valence-corrected chi connectivity index (χ3v) is 6.59. The molecular formula is C28H29N3O3. The molecule has 6 nitrogen and oxygen atoms in total. The second-order valence-corrected chi connectivity index (χ2v) is 9.44. The van der Waals surface area contributed by atoms with Gasteiger partial charge in [-0.3, -0.25) is 4.79 Å². The lowest BCUT2D eigenvalue weighted by molar-refractivity contribution is 0.0707. The molecule has 1 aliphatic heterocycles. The number of amides is 1. The molecule has 5 rings (SSSR count). The third-order valence-electron chi connectivity index (χ3n) is 6.59. The van der Waals surface area contributed by atoms with Crippen LogP contribution >= 0.6 is 0 Å². The van der Waals surface area contributed by atoms with Gasteiger partial charge in [-0.1, -0.05) is 56.3 Å². The van der Waals surface area contributed by atoms with E-state index in [-0.39, 0.29) is 11.5 Å². The van der Waals surface area contributed by atoms with E-state index < -0.39 is 5.63 Å². The molecule has 1 amide bonds. The van der Waals surface area contributed by atoms with Gasteiger partial charge >= 0.3 is 5.63 Å². The van der Waals surface area contributed by atoms with Crippen molar-refractivity contribution in [2.24, 2.45) is 5.92 Å². The fraction of sp³-hybridized carbons (Fsp3) is 0.321. The summed E-state index contributed by atoms with van der Waals surface area (Å²) in [6.45, 7) is 8.09. The molecule has 0 saturated heterocycles. The molecule has 0 fully saturated rings. The molecule has 2 aromatic carbocycles. The van der Waals surface area contributed by atoms with E-state index >= 15 is 0 Å². The van der Waals surface area contributed by atoms with Crippen molar-refractivity contribution in [1.82, 2.24) is 14.5 Å². The van der Waals surface area contributed by atoms with Crippen molar-refractivity contribution in [3.8, 4) is 11.4 Å². The van der Waals surface area contributed by atoms with Crippen LogP contribution in [0.5, 0.6) is 0 Å². The molecule has 0 atom stereocenters. The van der Waals surface area contributed by atoms with Gasteiger partial charge in [0, 0.05) is 24.0 Å². The Hall–Kier alpha value is -3.67. The Morgan fingerprint density at radius 1 is 1.09 bits per heavy atom. The summed E-state index contributed by atoms with van der Waals surface area (Å²) in [6, 6.07) is 17.2. The molecule has 174 valence electrons. The summed E-state index contributed by atoms with van der Waals surface area (Å²) in [5, 5.41) is 0.743. The van der Waals surface area contributed by atoms with Gasteiger partial charge in [0.1, 0.15) is 17.0 Å². The van der Waals surface area contributed by atoms with Gasteiger partial charge in [-0.15, -0.1) is 0 Å². The average molecular weight is 456 g/mol. The first-order valence-corrected chi connectivity index (χ1v) is 11.9. The van der Waals surface area contributed by atoms with Gasteiger partial charge in [0.05, 0.1) is 17.9 Å². The second kappa shape index (κ2) is 8.93. The van der Waals surface area contributed by atoms with Crippen LogP contribution in [0.2, 0.25) is 0 Å². The maximum atomic E-state index is 13.4. The summed E-state index contributed by atoms with van der Waals surface area (Å²) in [5.74, 6) is 1.23. The lowest BCUT2D eigenvalue weighted by atomic mass is 10.0. The van der Waals surface area contributed by atoms with Crippen molar-refractivity contribution >= 4 is 16.9 Å². The molecular weight excluding hydrogens is 426 g/mol. The predicted octanol–water partition coefficient (Wildman–Crippen LogP) is 5.21. The van der Waals surface area contributed by atoms with Crippen LogP contribution < -0.4 is 5.63 Å². The number of carbonyl (C=O) groups is 1. The van der Waals surface area contributed by atoms with Gasteiger partial charge < -0.3 is 13.9 Å². The van der Waals surface area contributed by atoms with Gasteiger partial charge in [-0.25, -0.2) is 9.78 Å². The average Bonchev–Trinajstić information content (AvgIpc) is 3.20. The zero-order valence-corrected chi connectivity index (χ0v) is 19.9. The Bertz CT molecular complexity index is 1430. The monoisotopic (exact) mass is 455 g/mol. The molecule has 0 saturated carbocycles. The van der Waals surface area contributed by atoms with E-state index in [2.05, 4.69) is 37.5 Å². The van der Waals surface area contributed by atoms with Crippen LogP contribution in [0.25, 0.3) is 22.4 Å². The van der Waals surface area contributed by atoms with Crippen molar-refractivity contribution < 1.29 is 9.21 Å². The first-order chi connectivity index (χ1) is 16.4. The Morgan fingerprint density at radius 3 is 2.65 bits per heavy atom. The van der Waals surface area contributed by atoms with Crippen molar-refractivity contribution in [2.75, 3.05) is 6.54 Å². The zero-order chi connectivity index (χ0) is 23.8. The minimum absolute atomic E-state index is 0.0783. The first-order valence-electron chi connectivity index (χ1n) is 11.9. The number of hydrogen-bond donors (Lipinski definition) is 0. The number of aromatic nitrogens is 2. The highest BCUT2D eigenvalue weighted by Crippen LogP contribution is 2.30. The van der Waals surface area contributed by atoms with Gasteiger partial charge in [0.2, 0.25) is 0 Å². The number of rotatable bonds is 5. The van der Waals surface area contributed by atoms with Gasteiger partial charge in [0.25, 0.3) is 5.91 Å². The maximum absolute atomic E-state index is 13.4. The molecule has 0 bridgehead atoms. The molecule has 0 N–H and O–H groups in total. The van der Waals surface area contributed by atoms with Crippen LogP contribution in [0.1, 0.15) is 47.6 Å². The van der Waals surface area contributed by atoms with Gasteiger partial charge in [-0.2, -0.15) is 0 Å². The molecule has 3 heterocycles. The standard InChI is InChI=1S/C28H29N3O3/c1-18(2)12-13-23-24-17-30(14-15-31(24)26(29-23)21-10-6-4-8-19(21)3)27(32)22-16-20-9-5-7-11-25(20)34-28(22)33/h4-11,16,18H,12-15,17H2,1-3H3. The Morgan fingerprint density at radius 2 is 1.85 bits per heavy atom. The van der Waals surface area contributed by atoms with Crippen LogP contribution in [-0.4, -0.2) is 26.9 Å². The largest absolute Gasteiger partial charge is 0.422 e. The third kappa shape index (κ3) is 4.04. The van der Waals surface area contributed by atoms with Crippen LogP contribution in [0.4, 0.5) is 0 Å². The van der Waals surface area contributed by atoms with E-state index in [0.29, 0.717) is 31.1 Å². The Balaban J connectivity index is 1.51. The van der Waals surface area contributed by atoms with Crippen molar-refractivity contribution in [2.45, 2.75) is 46.7 Å². The summed E-state index contributed by atoms with van der Waals surface area (Å²) in [4.78, 5) is 32.8. The molecule has 34 heavy (non-hydrogen) atoms. The number of nitrogens with zero attached hydrogens (tertiary/aromatic N) is 3. The smallest absolute Gasteiger partial charge is 0.349 e. The SMILES string of the molecule is Cc1ccccc1-c1nc(CCC(C)C)c2n1CCN(C(=O)c1cc3ccccc3oc1=O)C2. The highest BCUT2D eigenvalue weighted by Gasteiger charge is 2.29. The first kappa shape index (κ1) is 22.1. The molecule has 0 radical (unpaired) electrons. The summed E-state index contributed by atoms with van der Waals surface area (Å²) in [6.07, 6.45) is 1.89. The van der Waals surface area contributed by atoms with Crippen LogP contribution in [0.15, 0.2) is 63.8 Å². The highest BCUT2D eigenvalue weighted by atomic mass is 16.4. The second-order valence-electron chi connectivity index (χ2n) is 9.44. The lowest BCUT2D eigenvalue weighted by Crippen LogP contribution is -2.40. The van der Waals surface area contributed by atoms with E-state index in [4.69, 9.17) is 9.40 Å². The number of benzene rings is 2. The fourth-order valence-corrected chi connectivity index (χ4v) is 4.64. The minimum atomic E-state index is -0.594. The quantitative estimate of drug-likeness (QED) is 0.388. The van der Waals surface area contributed by atoms with E-state index in [1.54, 1.807) is 17.0 Å². The summed E-state index contributed by atoms with van der Waals surface area (Å²) >= 11 is 0. The molecule has 1 aliphatic rings. The minimum Gasteiger partial charge on any atom is -0.422 e. The zero-order valence-electron chi connectivity index (χ0n) is 19.9. The van der Waals surface area contributed by atoms with Crippen LogP contribution in [0, 0.1) is 12.8 Å². The van der Waals surface area contributed by atoms with E-state index in [0.717, 1.165) is 41.0 Å². The molecule has 2 aromatic heterocycles. The van der Waals surface area contributed by atoms with E-state index in [9.17, 15) is 9.59 Å². The Kier molecular flexibility index (Phi) is 5.82. The van der Waals surface area contributed by atoms with E-state index in [1.165, 1.54) is 5.56 Å². The number of imidazole rings is 1. The van der Waals surface area contributed by atoms with Gasteiger partial charge in [-0.05, 0) is 43.4 Å². The number of carbonyl (C=O) groups excluding carboxylic acids is 1. The molecule has 0 spiro atoms. The van der Waals surface area contributed by atoms with E-state index in [1.807, 2.05) is 30.3 Å². The highest BCUT2D eigenvalue weighted by molar-refractivity contribution is 5.96. The normalized spacial score (nSPS) is 13.5. The number of aryl methyl sites for hydroxylation is 2. The lowest BCUT2D eigenvalue weighted by Gasteiger charge is -2.29. The number of fused-ring (bicyclic) bond motifs is 2. The molecule has 0 aliphatic carbocycles. The maximum Gasteiger partial charge on any atom is 0.349 e.